The van der Waals surface area contributed by atoms with Crippen molar-refractivity contribution in [3.8, 4) is 0 Å². The summed E-state index contributed by atoms with van der Waals surface area (Å²) in [6.07, 6.45) is 15.4. The van der Waals surface area contributed by atoms with Gasteiger partial charge in [-0.05, 0) is 75.3 Å². The maximum Gasteiger partial charge on any atom is 0.272 e. The third-order valence-corrected chi connectivity index (χ3v) is 6.69. The van der Waals surface area contributed by atoms with Crippen molar-refractivity contribution in [3.05, 3.63) is 30.5 Å². The van der Waals surface area contributed by atoms with Gasteiger partial charge in [0.05, 0.1) is 0 Å². The first kappa shape index (κ1) is 21.8. The molecule has 5 nitrogen and oxygen atoms in total. The number of carbonyl (C=O) groups excluding carboxylic acids is 1. The molecule has 1 N–H and O–H groups in total. The van der Waals surface area contributed by atoms with Crippen molar-refractivity contribution in [1.82, 2.24) is 15.5 Å². The molecule has 0 aromatic carbocycles. The smallest absolute Gasteiger partial charge is 0.272 e. The first-order valence-electron chi connectivity index (χ1n) is 11.7. The van der Waals surface area contributed by atoms with Crippen molar-refractivity contribution in [2.45, 2.75) is 83.6 Å². The van der Waals surface area contributed by atoms with E-state index in [4.69, 9.17) is 0 Å². The Morgan fingerprint density at radius 1 is 1.10 bits per heavy atom. The minimum absolute atomic E-state index is 0.0845. The van der Waals surface area contributed by atoms with Gasteiger partial charge < -0.3 is 10.2 Å². The number of nitrogens with zero attached hydrogens (tertiary/aromatic N) is 3. The Labute approximate surface area is 176 Å². The second kappa shape index (κ2) is 11.3. The summed E-state index contributed by atoms with van der Waals surface area (Å²) in [7, 11) is 0. The number of nitrogens with one attached hydrogen (secondary N) is 1. The summed E-state index contributed by atoms with van der Waals surface area (Å²) in [4.78, 5) is 14.8. The summed E-state index contributed by atoms with van der Waals surface area (Å²) in [5.74, 6) is 2.44. The molecule has 1 aromatic heterocycles. The van der Waals surface area contributed by atoms with Crippen molar-refractivity contribution in [3.63, 3.8) is 0 Å². The van der Waals surface area contributed by atoms with Gasteiger partial charge in [-0.3, -0.25) is 4.79 Å². The maximum absolute atomic E-state index is 12.5. The first-order valence-corrected chi connectivity index (χ1v) is 11.7. The van der Waals surface area contributed by atoms with E-state index in [1.807, 2.05) is 18.2 Å². The van der Waals surface area contributed by atoms with E-state index < -0.39 is 0 Å². The molecule has 3 rings (SSSR count). The molecule has 0 bridgehead atoms. The lowest BCUT2D eigenvalue weighted by atomic mass is 9.87. The topological polar surface area (TPSA) is 58.1 Å². The van der Waals surface area contributed by atoms with Gasteiger partial charge in [-0.25, -0.2) is 0 Å². The van der Waals surface area contributed by atoms with Crippen LogP contribution in [0.15, 0.2) is 24.8 Å². The third-order valence-electron chi connectivity index (χ3n) is 6.69. The zero-order valence-electron chi connectivity index (χ0n) is 18.1. The second-order valence-electron chi connectivity index (χ2n) is 9.06. The Bertz CT molecular complexity index is 629. The lowest BCUT2D eigenvalue weighted by Gasteiger charge is -2.32. The summed E-state index contributed by atoms with van der Waals surface area (Å²) in [6.45, 7) is 8.16. The van der Waals surface area contributed by atoms with Crippen LogP contribution in [-0.2, 0) is 0 Å². The molecular weight excluding hydrogens is 360 g/mol. The van der Waals surface area contributed by atoms with Crippen LogP contribution in [0.2, 0.25) is 0 Å². The molecule has 2 heterocycles. The van der Waals surface area contributed by atoms with E-state index in [1.54, 1.807) is 0 Å². The Hall–Kier alpha value is -1.91. The first-order chi connectivity index (χ1) is 14.2. The number of unbranched alkanes of at least 4 members (excludes halogenated alkanes) is 3. The van der Waals surface area contributed by atoms with Crippen LogP contribution >= 0.6 is 0 Å². The van der Waals surface area contributed by atoms with Crippen LogP contribution in [0.3, 0.4) is 0 Å². The van der Waals surface area contributed by atoms with Crippen LogP contribution in [0.5, 0.6) is 0 Å². The van der Waals surface area contributed by atoms with Crippen LogP contribution in [0.1, 0.15) is 88.0 Å². The average molecular weight is 399 g/mol. The van der Waals surface area contributed by atoms with E-state index in [0.717, 1.165) is 50.0 Å². The minimum atomic E-state index is -0.0845. The quantitative estimate of drug-likeness (QED) is 0.462. The summed E-state index contributed by atoms with van der Waals surface area (Å²) in [5.41, 5.74) is 0.432. The number of amides is 1. The highest BCUT2D eigenvalue weighted by molar-refractivity contribution is 5.92. The van der Waals surface area contributed by atoms with Gasteiger partial charge in [-0.1, -0.05) is 32.3 Å². The van der Waals surface area contributed by atoms with Crippen LogP contribution in [0.4, 0.5) is 5.82 Å². The fourth-order valence-electron chi connectivity index (χ4n) is 4.63. The summed E-state index contributed by atoms with van der Waals surface area (Å²) >= 11 is 0. The number of piperidine rings is 1. The monoisotopic (exact) mass is 398 g/mol. The van der Waals surface area contributed by atoms with E-state index in [1.165, 1.54) is 51.4 Å². The zero-order chi connectivity index (χ0) is 20.5. The lowest BCUT2D eigenvalue weighted by Crippen LogP contribution is -2.38. The SMILES string of the molecule is C=CCCCCCC1CCN(c2ccc(C(=O)NC3CCC(C)CC3)nn2)CC1. The molecular formula is C24H38N4O. The highest BCUT2D eigenvalue weighted by Gasteiger charge is 2.22. The summed E-state index contributed by atoms with van der Waals surface area (Å²) < 4.78 is 0. The molecule has 1 saturated heterocycles. The van der Waals surface area contributed by atoms with Crippen LogP contribution in [0, 0.1) is 11.8 Å². The molecule has 5 heteroatoms. The molecule has 1 amide bonds. The van der Waals surface area contributed by atoms with Crippen molar-refractivity contribution in [1.29, 1.82) is 0 Å². The van der Waals surface area contributed by atoms with E-state index in [2.05, 4.69) is 33.9 Å². The summed E-state index contributed by atoms with van der Waals surface area (Å²) in [6, 6.07) is 4.07. The lowest BCUT2D eigenvalue weighted by molar-refractivity contribution is 0.0917. The van der Waals surface area contributed by atoms with Gasteiger partial charge in [0.25, 0.3) is 5.91 Å². The highest BCUT2D eigenvalue weighted by Crippen LogP contribution is 2.26. The van der Waals surface area contributed by atoms with Crippen LogP contribution in [-0.4, -0.2) is 35.2 Å². The van der Waals surface area contributed by atoms with Crippen molar-refractivity contribution in [2.75, 3.05) is 18.0 Å². The van der Waals surface area contributed by atoms with Gasteiger partial charge in [-0.15, -0.1) is 16.8 Å². The molecule has 0 atom stereocenters. The van der Waals surface area contributed by atoms with Gasteiger partial charge in [0.1, 0.15) is 0 Å². The van der Waals surface area contributed by atoms with Crippen molar-refractivity contribution >= 4 is 11.7 Å². The Balaban J connectivity index is 1.40. The predicted octanol–water partition coefficient (Wildman–Crippen LogP) is 5.14. The molecule has 0 radical (unpaired) electrons. The Morgan fingerprint density at radius 2 is 1.86 bits per heavy atom. The molecule has 2 aliphatic rings. The molecule has 1 aliphatic heterocycles. The highest BCUT2D eigenvalue weighted by atomic mass is 16.2. The standard InChI is InChI=1S/C24H38N4O/c1-3-4-5-6-7-8-20-15-17-28(18-16-20)23-14-13-22(26-27-23)24(29)25-21-11-9-19(2)10-12-21/h3,13-14,19-21H,1,4-12,15-18H2,2H3,(H,25,29). The molecule has 1 aliphatic carbocycles. The van der Waals surface area contributed by atoms with Crippen molar-refractivity contribution in [2.24, 2.45) is 11.8 Å². The number of hydrogen-bond donors (Lipinski definition) is 1. The van der Waals surface area contributed by atoms with E-state index in [-0.39, 0.29) is 11.9 Å². The average Bonchev–Trinajstić information content (AvgIpc) is 2.76. The molecule has 0 spiro atoms. The van der Waals surface area contributed by atoms with E-state index >= 15 is 0 Å². The fourth-order valence-corrected chi connectivity index (χ4v) is 4.63. The van der Waals surface area contributed by atoms with Gasteiger partial charge in [0, 0.05) is 19.1 Å². The molecule has 2 fully saturated rings. The zero-order valence-corrected chi connectivity index (χ0v) is 18.1. The number of rotatable bonds is 9. The fraction of sp³-hybridized carbons (Fsp3) is 0.708. The molecule has 29 heavy (non-hydrogen) atoms. The van der Waals surface area contributed by atoms with Crippen LogP contribution in [0.25, 0.3) is 0 Å². The van der Waals surface area contributed by atoms with E-state index in [9.17, 15) is 4.79 Å². The normalized spacial score (nSPS) is 23.0. The van der Waals surface area contributed by atoms with Gasteiger partial charge >= 0.3 is 0 Å². The Kier molecular flexibility index (Phi) is 8.51. The van der Waals surface area contributed by atoms with Gasteiger partial charge in [0.15, 0.2) is 11.5 Å². The Morgan fingerprint density at radius 3 is 2.52 bits per heavy atom. The van der Waals surface area contributed by atoms with Crippen LogP contribution < -0.4 is 10.2 Å². The number of hydrogen-bond acceptors (Lipinski definition) is 4. The van der Waals surface area contributed by atoms with Gasteiger partial charge in [-0.2, -0.15) is 0 Å². The molecule has 0 unspecified atom stereocenters. The third kappa shape index (κ3) is 6.83. The van der Waals surface area contributed by atoms with Gasteiger partial charge in [0.2, 0.25) is 0 Å². The maximum atomic E-state index is 12.5. The largest absolute Gasteiger partial charge is 0.355 e. The minimum Gasteiger partial charge on any atom is -0.355 e. The summed E-state index contributed by atoms with van der Waals surface area (Å²) in [5, 5.41) is 11.7. The number of carbonyl (C=O) groups is 1. The van der Waals surface area contributed by atoms with Crippen molar-refractivity contribution < 1.29 is 4.79 Å². The molecule has 1 aromatic rings. The molecule has 1 saturated carbocycles. The number of anilines is 1. The number of allylic oxidation sites excluding steroid dienone is 1. The predicted molar refractivity (Wildman–Crippen MR) is 119 cm³/mol. The number of aromatic nitrogens is 2. The second-order valence-corrected chi connectivity index (χ2v) is 9.06. The van der Waals surface area contributed by atoms with E-state index in [0.29, 0.717) is 5.69 Å². The molecule has 160 valence electrons.